The highest BCUT2D eigenvalue weighted by Gasteiger charge is 2.30. The van der Waals surface area contributed by atoms with Crippen molar-refractivity contribution in [1.82, 2.24) is 45.7 Å². The highest BCUT2D eigenvalue weighted by Crippen LogP contribution is 2.33. The van der Waals surface area contributed by atoms with Gasteiger partial charge in [0.2, 0.25) is 17.7 Å². The number of ether oxygens (including phenoxy) is 2. The number of piperidine rings is 1. The van der Waals surface area contributed by atoms with Gasteiger partial charge in [0.25, 0.3) is 11.8 Å². The highest BCUT2D eigenvalue weighted by atomic mass is 19.1. The number of amides is 8. The lowest BCUT2D eigenvalue weighted by Crippen LogP contribution is -2.54. The first-order valence-electron chi connectivity index (χ1n) is 28.1. The fourth-order valence-electron chi connectivity index (χ4n) is 9.81. The van der Waals surface area contributed by atoms with Crippen LogP contribution in [0.4, 0.5) is 25.4 Å². The minimum Gasteiger partial charge on any atom is -0.492 e. The van der Waals surface area contributed by atoms with E-state index in [2.05, 4.69) is 36.6 Å². The number of likely N-dealkylation sites (tertiary alicyclic amines) is 1. The van der Waals surface area contributed by atoms with Crippen LogP contribution in [0.15, 0.2) is 109 Å². The number of rotatable bonds is 27. The molecule has 1 fully saturated rings. The maximum atomic E-state index is 14.4. The summed E-state index contributed by atoms with van der Waals surface area (Å²) in [6, 6.07) is 24.3. The molecule has 22 heteroatoms. The second-order valence-corrected chi connectivity index (χ2v) is 21.0. The summed E-state index contributed by atoms with van der Waals surface area (Å²) in [5, 5.41) is 14.9. The summed E-state index contributed by atoms with van der Waals surface area (Å²) in [5.41, 5.74) is 11.4. The quantitative estimate of drug-likeness (QED) is 0.0190. The number of imidazole rings is 1. The van der Waals surface area contributed by atoms with Crippen LogP contribution in [0.25, 0.3) is 33.5 Å². The predicted octanol–water partition coefficient (Wildman–Crippen LogP) is 8.06. The van der Waals surface area contributed by atoms with Crippen LogP contribution in [-0.2, 0) is 41.9 Å². The second kappa shape index (κ2) is 29.0. The van der Waals surface area contributed by atoms with E-state index < -0.39 is 36.0 Å². The molecule has 1 saturated heterocycles. The number of anilines is 2. The zero-order valence-electron chi connectivity index (χ0n) is 46.9. The number of nitrogens with two attached hydrogens (primary N) is 1. The highest BCUT2D eigenvalue weighted by molar-refractivity contribution is 6.12. The molecule has 8 N–H and O–H groups in total. The van der Waals surface area contributed by atoms with E-state index in [1.165, 1.54) is 18.2 Å². The largest absolute Gasteiger partial charge is 0.492 e. The molecular weight excluding hydrogens is 1060 g/mol. The molecule has 83 heavy (non-hydrogen) atoms. The van der Waals surface area contributed by atoms with Crippen LogP contribution in [0.1, 0.15) is 88.7 Å². The standard InChI is InChI=1S/C61H71FN12O9/c1-38(2)55(72-52(75)16-5-4-8-29-74-53(76)23-24-54(74)77)59(79)69-50(15-10-28-64-60(63)80)58(78)68-44-20-17-41(18-21-44)37-83-61(81)73-30-25-40(26-31-73)27-32-82-45-34-43-33-42(19-22-47(43)65-35-45)56-57(49-14-9-11-39(3)67-49)71-51(70-56)36-66-48-13-7-6-12-46(48)62/h6-7,9,11-14,17-24,33-35,38,40,50,55,66H,4-5,8,10,15-16,25-32,36-37H2,1-3H3,(H,68,78)(H,69,79)(H,70,71)(H,72,75)(H3,63,64,80)/t50-,55-/m0/s1. The van der Waals surface area contributed by atoms with Gasteiger partial charge in [0.1, 0.15) is 41.8 Å². The van der Waals surface area contributed by atoms with Gasteiger partial charge >= 0.3 is 12.1 Å². The van der Waals surface area contributed by atoms with Crippen molar-refractivity contribution in [2.45, 2.75) is 104 Å². The summed E-state index contributed by atoms with van der Waals surface area (Å²) < 4.78 is 26.3. The number of halogens is 1. The molecule has 0 bridgehead atoms. The number of pyridine rings is 2. The fraction of sp³-hybridized carbons (Fsp3) is 0.377. The van der Waals surface area contributed by atoms with Gasteiger partial charge in [-0.2, -0.15) is 0 Å². The molecule has 436 valence electrons. The van der Waals surface area contributed by atoms with Gasteiger partial charge in [-0.05, 0) is 124 Å². The molecule has 0 unspecified atom stereocenters. The number of benzene rings is 3. The fourth-order valence-corrected chi connectivity index (χ4v) is 9.81. The van der Waals surface area contributed by atoms with Crippen molar-refractivity contribution < 1.29 is 47.4 Å². The van der Waals surface area contributed by atoms with Crippen molar-refractivity contribution >= 4 is 63.9 Å². The van der Waals surface area contributed by atoms with E-state index in [9.17, 15) is 38.0 Å². The van der Waals surface area contributed by atoms with Crippen LogP contribution in [0.5, 0.6) is 5.75 Å². The van der Waals surface area contributed by atoms with Gasteiger partial charge in [0, 0.05) is 67.1 Å². The van der Waals surface area contributed by atoms with Gasteiger partial charge in [0.15, 0.2) is 0 Å². The van der Waals surface area contributed by atoms with Crippen molar-refractivity contribution in [3.63, 3.8) is 0 Å². The number of aromatic nitrogens is 4. The Balaban J connectivity index is 0.772. The van der Waals surface area contributed by atoms with Crippen LogP contribution < -0.4 is 37.1 Å². The normalized spacial score (nSPS) is 14.1. The smallest absolute Gasteiger partial charge is 0.410 e. The third-order valence-corrected chi connectivity index (χ3v) is 14.5. The number of hydrogen-bond acceptors (Lipinski definition) is 13. The average molecular weight is 1140 g/mol. The van der Waals surface area contributed by atoms with Crippen molar-refractivity contribution in [3.05, 3.63) is 132 Å². The zero-order valence-corrected chi connectivity index (χ0v) is 46.9. The van der Waals surface area contributed by atoms with Crippen molar-refractivity contribution in [3.8, 4) is 28.4 Å². The zero-order chi connectivity index (χ0) is 58.8. The number of urea groups is 1. The van der Waals surface area contributed by atoms with Gasteiger partial charge in [-0.25, -0.2) is 19.0 Å². The Morgan fingerprint density at radius 1 is 0.855 bits per heavy atom. The third kappa shape index (κ3) is 17.2. The molecule has 8 amide bonds. The van der Waals surface area contributed by atoms with E-state index in [0.29, 0.717) is 91.2 Å². The molecule has 0 saturated carbocycles. The Hall–Kier alpha value is -9.21. The lowest BCUT2D eigenvalue weighted by Gasteiger charge is -2.31. The lowest BCUT2D eigenvalue weighted by molar-refractivity contribution is -0.137. The maximum Gasteiger partial charge on any atom is 0.410 e. The Morgan fingerprint density at radius 2 is 1.63 bits per heavy atom. The summed E-state index contributed by atoms with van der Waals surface area (Å²) in [7, 11) is 0. The van der Waals surface area contributed by atoms with Gasteiger partial charge in [-0.1, -0.05) is 56.7 Å². The number of aryl methyl sites for hydroxylation is 1. The monoisotopic (exact) mass is 1130 g/mol. The van der Waals surface area contributed by atoms with E-state index in [1.54, 1.807) is 67.4 Å². The number of nitrogens with one attached hydrogen (secondary N) is 6. The van der Waals surface area contributed by atoms with E-state index in [4.69, 9.17) is 25.2 Å². The summed E-state index contributed by atoms with van der Waals surface area (Å²) in [6.45, 7) is 7.73. The van der Waals surface area contributed by atoms with Gasteiger partial charge in [0.05, 0.1) is 41.9 Å². The number of hydrogen-bond donors (Lipinski definition) is 7. The van der Waals surface area contributed by atoms with Crippen LogP contribution in [0.2, 0.25) is 0 Å². The first kappa shape index (κ1) is 59.9. The summed E-state index contributed by atoms with van der Waals surface area (Å²) in [4.78, 5) is 109. The number of carbonyl (C=O) groups is 7. The molecular formula is C61H71FN12O9. The molecule has 2 aliphatic heterocycles. The van der Waals surface area contributed by atoms with Crippen LogP contribution >= 0.6 is 0 Å². The predicted molar refractivity (Wildman–Crippen MR) is 311 cm³/mol. The average Bonchev–Trinajstić information content (AvgIpc) is 3.77. The van der Waals surface area contributed by atoms with Gasteiger partial charge in [-0.15, -0.1) is 0 Å². The number of imide groups is 1. The number of nitrogens with zero attached hydrogens (tertiary/aromatic N) is 5. The number of primary amides is 1. The Morgan fingerprint density at radius 3 is 2.36 bits per heavy atom. The molecule has 0 radical (unpaired) electrons. The molecule has 2 atom stereocenters. The molecule has 0 aliphatic carbocycles. The van der Waals surface area contributed by atoms with Crippen LogP contribution in [0.3, 0.4) is 0 Å². The number of unbranched alkanes of at least 4 members (excludes halogenated alkanes) is 2. The summed E-state index contributed by atoms with van der Waals surface area (Å²) >= 11 is 0. The first-order chi connectivity index (χ1) is 40.1. The second-order valence-electron chi connectivity index (χ2n) is 21.0. The first-order valence-corrected chi connectivity index (χ1v) is 28.1. The third-order valence-electron chi connectivity index (χ3n) is 14.5. The number of carbonyl (C=O) groups excluding carboxylic acids is 7. The molecule has 3 aromatic heterocycles. The molecule has 8 rings (SSSR count). The number of aromatic amines is 1. The molecule has 5 heterocycles. The lowest BCUT2D eigenvalue weighted by atomic mass is 9.94. The molecule has 6 aromatic rings. The minimum atomic E-state index is -1.04. The van der Waals surface area contributed by atoms with Crippen molar-refractivity contribution in [1.29, 1.82) is 0 Å². The summed E-state index contributed by atoms with van der Waals surface area (Å²) in [6.07, 6.45) is 8.29. The van der Waals surface area contributed by atoms with Crippen molar-refractivity contribution in [2.24, 2.45) is 17.6 Å². The van der Waals surface area contributed by atoms with E-state index in [-0.39, 0.29) is 68.5 Å². The number of H-pyrrole nitrogens is 1. The van der Waals surface area contributed by atoms with Crippen molar-refractivity contribution in [2.75, 3.05) is 43.4 Å². The Kier molecular flexibility index (Phi) is 20.9. The van der Waals surface area contributed by atoms with E-state index in [1.807, 2.05) is 49.4 Å². The van der Waals surface area contributed by atoms with Gasteiger partial charge in [-0.3, -0.25) is 38.8 Å². The van der Waals surface area contributed by atoms with Crippen LogP contribution in [0, 0.1) is 24.6 Å². The maximum absolute atomic E-state index is 14.4. The van der Waals surface area contributed by atoms with Gasteiger partial charge < -0.3 is 51.7 Å². The van der Waals surface area contributed by atoms with Crippen LogP contribution in [-0.4, -0.2) is 116 Å². The minimum absolute atomic E-state index is 0.0108. The SMILES string of the molecule is Cc1cccc(-c2nc(CNc3ccccc3F)[nH]c2-c2ccc3ncc(OCCC4CCN(C(=O)OCc5ccc(NC(=O)[C@H](CCCNC(N)=O)NC(=O)[C@@H](NC(=O)CCCCCN6C(=O)C=CC6=O)C(C)C)cc5)CC4)cc3c2)n1. The number of fused-ring (bicyclic) bond motifs is 1. The molecule has 21 nitrogen and oxygen atoms in total. The molecule has 3 aromatic carbocycles. The number of para-hydroxylation sites is 1. The Bertz CT molecular complexity index is 3290. The molecule has 0 spiro atoms. The van der Waals surface area contributed by atoms with E-state index in [0.717, 1.165) is 52.0 Å². The summed E-state index contributed by atoms with van der Waals surface area (Å²) in [5.74, 6) is -1.22. The molecule has 2 aliphatic rings. The topological polar surface area (TPSA) is 285 Å². The Labute approximate surface area is 480 Å². The van der Waals surface area contributed by atoms with E-state index >= 15 is 0 Å².